The van der Waals surface area contributed by atoms with Crippen molar-refractivity contribution in [1.29, 1.82) is 0 Å². The zero-order valence-electron chi connectivity index (χ0n) is 21.6. The molecule has 3 aromatic rings. The molecule has 2 aliphatic rings. The van der Waals surface area contributed by atoms with Crippen LogP contribution < -0.4 is 33.9 Å². The van der Waals surface area contributed by atoms with E-state index in [2.05, 4.69) is 5.32 Å². The number of hydrogen-bond acceptors (Lipinski definition) is 7. The Bertz CT molecular complexity index is 1330. The van der Waals surface area contributed by atoms with Crippen molar-refractivity contribution in [2.75, 3.05) is 44.8 Å². The Morgan fingerprint density at radius 3 is 2.32 bits per heavy atom. The first-order valence-electron chi connectivity index (χ1n) is 12.4. The van der Waals surface area contributed by atoms with Crippen molar-refractivity contribution in [3.05, 3.63) is 66.2 Å². The highest BCUT2D eigenvalue weighted by Crippen LogP contribution is 2.43. The summed E-state index contributed by atoms with van der Waals surface area (Å²) in [5, 5.41) is 3.03. The summed E-state index contributed by atoms with van der Waals surface area (Å²) >= 11 is 0. The fourth-order valence-corrected chi connectivity index (χ4v) is 4.99. The number of piperidine rings is 1. The Hall–Kier alpha value is -4.40. The normalized spacial score (nSPS) is 18.5. The highest BCUT2D eigenvalue weighted by atomic mass is 16.6. The molecule has 2 atom stereocenters. The lowest BCUT2D eigenvalue weighted by Crippen LogP contribution is -2.47. The number of methoxy groups -OCH3 is 3. The Morgan fingerprint density at radius 2 is 1.61 bits per heavy atom. The van der Waals surface area contributed by atoms with Gasteiger partial charge in [0.1, 0.15) is 19.0 Å². The predicted octanol–water partition coefficient (Wildman–Crippen LogP) is 4.61. The van der Waals surface area contributed by atoms with Crippen molar-refractivity contribution in [3.8, 4) is 28.7 Å². The van der Waals surface area contributed by atoms with Crippen molar-refractivity contribution in [2.45, 2.75) is 18.9 Å². The van der Waals surface area contributed by atoms with Crippen LogP contribution >= 0.6 is 0 Å². The second-order valence-electron chi connectivity index (χ2n) is 9.01. The van der Waals surface area contributed by atoms with Gasteiger partial charge in [0.25, 0.3) is 0 Å². The van der Waals surface area contributed by atoms with Gasteiger partial charge in [-0.05, 0) is 60.5 Å². The number of hydrogen-bond donors (Lipinski definition) is 1. The smallest absolute Gasteiger partial charge is 0.229 e. The Labute approximate surface area is 221 Å². The third-order valence-corrected chi connectivity index (χ3v) is 6.84. The molecule has 0 unspecified atom stereocenters. The van der Waals surface area contributed by atoms with Gasteiger partial charge < -0.3 is 33.9 Å². The standard InChI is InChI=1S/C29H30N2O7/c1-34-21-8-6-20(7-9-21)31-27(32)13-10-22(28(31)18-4-11-23(35-2)25(16-18)36-3)29(33)30-19-5-12-24-26(17-19)38-15-14-37-24/h4-9,11-12,16-17,22,28H,10,13-15H2,1-3H3,(H,30,33)/t22-,28+/m0/s1. The monoisotopic (exact) mass is 518 g/mol. The van der Waals surface area contributed by atoms with Gasteiger partial charge in [-0.2, -0.15) is 0 Å². The van der Waals surface area contributed by atoms with Gasteiger partial charge in [0, 0.05) is 23.9 Å². The van der Waals surface area contributed by atoms with Crippen molar-refractivity contribution in [1.82, 2.24) is 0 Å². The summed E-state index contributed by atoms with van der Waals surface area (Å²) in [7, 11) is 4.71. The molecule has 2 aliphatic heterocycles. The zero-order chi connectivity index (χ0) is 26.6. The highest BCUT2D eigenvalue weighted by Gasteiger charge is 2.42. The molecule has 1 saturated heterocycles. The summed E-state index contributed by atoms with van der Waals surface area (Å²) in [6.07, 6.45) is 0.621. The first kappa shape index (κ1) is 25.3. The second-order valence-corrected chi connectivity index (χ2v) is 9.01. The summed E-state index contributed by atoms with van der Waals surface area (Å²) in [5.74, 6) is 2.17. The largest absolute Gasteiger partial charge is 0.497 e. The minimum absolute atomic E-state index is 0.0710. The molecule has 0 radical (unpaired) electrons. The lowest BCUT2D eigenvalue weighted by atomic mass is 9.83. The molecule has 0 bridgehead atoms. The van der Waals surface area contributed by atoms with Crippen LogP contribution in [0.25, 0.3) is 0 Å². The molecule has 38 heavy (non-hydrogen) atoms. The van der Waals surface area contributed by atoms with Gasteiger partial charge in [-0.25, -0.2) is 0 Å². The fraction of sp³-hybridized carbons (Fsp3) is 0.310. The van der Waals surface area contributed by atoms with Crippen LogP contribution in [0.2, 0.25) is 0 Å². The van der Waals surface area contributed by atoms with E-state index in [0.717, 1.165) is 5.56 Å². The number of benzene rings is 3. The molecule has 9 heteroatoms. The van der Waals surface area contributed by atoms with E-state index in [1.165, 1.54) is 0 Å². The number of nitrogens with one attached hydrogen (secondary N) is 1. The number of anilines is 2. The number of rotatable bonds is 7. The van der Waals surface area contributed by atoms with Crippen molar-refractivity contribution in [2.24, 2.45) is 5.92 Å². The molecule has 3 aromatic carbocycles. The van der Waals surface area contributed by atoms with E-state index in [-0.39, 0.29) is 18.2 Å². The number of carbonyl (C=O) groups is 2. The molecule has 9 nitrogen and oxygen atoms in total. The topological polar surface area (TPSA) is 95.6 Å². The maximum absolute atomic E-state index is 13.8. The van der Waals surface area contributed by atoms with E-state index in [4.69, 9.17) is 23.7 Å². The van der Waals surface area contributed by atoms with E-state index >= 15 is 0 Å². The second kappa shape index (κ2) is 10.9. The summed E-state index contributed by atoms with van der Waals surface area (Å²) in [5.41, 5.74) is 2.03. The molecule has 5 rings (SSSR count). The van der Waals surface area contributed by atoms with E-state index in [9.17, 15) is 9.59 Å². The molecule has 0 saturated carbocycles. The number of carbonyl (C=O) groups excluding carboxylic acids is 2. The number of amides is 2. The molecule has 1 fully saturated rings. The Kier molecular flexibility index (Phi) is 7.26. The van der Waals surface area contributed by atoms with E-state index in [0.29, 0.717) is 59.8 Å². The summed E-state index contributed by atoms with van der Waals surface area (Å²) in [6, 6.07) is 17.5. The van der Waals surface area contributed by atoms with Gasteiger partial charge in [0.15, 0.2) is 23.0 Å². The van der Waals surface area contributed by atoms with E-state index < -0.39 is 12.0 Å². The lowest BCUT2D eigenvalue weighted by molar-refractivity contribution is -0.125. The maximum Gasteiger partial charge on any atom is 0.229 e. The van der Waals surface area contributed by atoms with Crippen molar-refractivity contribution in [3.63, 3.8) is 0 Å². The highest BCUT2D eigenvalue weighted by molar-refractivity contribution is 6.00. The fourth-order valence-electron chi connectivity index (χ4n) is 4.99. The Balaban J connectivity index is 1.52. The third kappa shape index (κ3) is 4.91. The predicted molar refractivity (Wildman–Crippen MR) is 142 cm³/mol. The first-order chi connectivity index (χ1) is 18.5. The number of fused-ring (bicyclic) bond motifs is 1. The zero-order valence-corrected chi connectivity index (χ0v) is 21.6. The SMILES string of the molecule is COc1ccc(N2C(=O)CC[C@H](C(=O)Nc3ccc4c(c3)OCCO4)[C@H]2c2ccc(OC)c(OC)c2)cc1. The Morgan fingerprint density at radius 1 is 0.868 bits per heavy atom. The molecule has 0 spiro atoms. The molecule has 1 N–H and O–H groups in total. The van der Waals surface area contributed by atoms with Crippen LogP contribution in [0.15, 0.2) is 60.7 Å². The van der Waals surface area contributed by atoms with Gasteiger partial charge >= 0.3 is 0 Å². The van der Waals surface area contributed by atoms with E-state index in [1.54, 1.807) is 62.6 Å². The van der Waals surface area contributed by atoms with E-state index in [1.807, 2.05) is 24.3 Å². The molecule has 2 amide bonds. The summed E-state index contributed by atoms with van der Waals surface area (Å²) in [4.78, 5) is 28.9. The van der Waals surface area contributed by atoms with Crippen LogP contribution in [0, 0.1) is 5.92 Å². The van der Waals surface area contributed by atoms with Crippen LogP contribution in [0.4, 0.5) is 11.4 Å². The van der Waals surface area contributed by atoms with Crippen LogP contribution in [0.1, 0.15) is 24.4 Å². The van der Waals surface area contributed by atoms with Gasteiger partial charge in [-0.15, -0.1) is 0 Å². The van der Waals surface area contributed by atoms with Crippen molar-refractivity contribution < 1.29 is 33.3 Å². The van der Waals surface area contributed by atoms with Gasteiger partial charge in [-0.3, -0.25) is 9.59 Å². The molecule has 198 valence electrons. The minimum Gasteiger partial charge on any atom is -0.497 e. The van der Waals surface area contributed by atoms with Gasteiger partial charge in [0.05, 0.1) is 33.3 Å². The van der Waals surface area contributed by atoms with Crippen LogP contribution in [-0.4, -0.2) is 46.4 Å². The van der Waals surface area contributed by atoms with Crippen molar-refractivity contribution >= 4 is 23.2 Å². The summed E-state index contributed by atoms with van der Waals surface area (Å²) < 4.78 is 27.5. The van der Waals surface area contributed by atoms with Gasteiger partial charge in [-0.1, -0.05) is 6.07 Å². The molecule has 0 aromatic heterocycles. The van der Waals surface area contributed by atoms with Gasteiger partial charge in [0.2, 0.25) is 11.8 Å². The third-order valence-electron chi connectivity index (χ3n) is 6.84. The summed E-state index contributed by atoms with van der Waals surface area (Å²) in [6.45, 7) is 0.941. The quantitative estimate of drug-likeness (QED) is 0.488. The van der Waals surface area contributed by atoms with Crippen LogP contribution in [-0.2, 0) is 9.59 Å². The minimum atomic E-state index is -0.582. The maximum atomic E-state index is 13.8. The molecule has 2 heterocycles. The first-order valence-corrected chi connectivity index (χ1v) is 12.4. The molecular weight excluding hydrogens is 488 g/mol. The lowest BCUT2D eigenvalue weighted by Gasteiger charge is -2.41. The number of ether oxygens (including phenoxy) is 5. The average molecular weight is 519 g/mol. The van der Waals surface area contributed by atoms with Crippen LogP contribution in [0.3, 0.4) is 0 Å². The number of nitrogens with zero attached hydrogens (tertiary/aromatic N) is 1. The average Bonchev–Trinajstić information content (AvgIpc) is 2.96. The van der Waals surface area contributed by atoms with Crippen LogP contribution in [0.5, 0.6) is 28.7 Å². The molecular formula is C29H30N2O7. The molecule has 0 aliphatic carbocycles.